The van der Waals surface area contributed by atoms with E-state index < -0.39 is 23.8 Å². The van der Waals surface area contributed by atoms with Crippen molar-refractivity contribution in [3.8, 4) is 5.75 Å². The molecule has 0 fully saturated rings. The number of carbonyl (C=O) groups excluding carboxylic acids is 2. The monoisotopic (exact) mass is 369 g/mol. The molecule has 0 radical (unpaired) electrons. The van der Waals surface area contributed by atoms with Gasteiger partial charge in [0.1, 0.15) is 16.9 Å². The molecule has 0 aliphatic rings. The van der Waals surface area contributed by atoms with Crippen molar-refractivity contribution in [2.24, 2.45) is 0 Å². The summed E-state index contributed by atoms with van der Waals surface area (Å²) in [6.45, 7) is 4.86. The number of nitrogens with zero attached hydrogens (tertiary/aromatic N) is 1. The Kier molecular flexibility index (Phi) is 7.85. The topological polar surface area (TPSA) is 106 Å². The zero-order valence-corrected chi connectivity index (χ0v) is 15.8. The molecule has 146 valence electrons. The Balaban J connectivity index is 2.97. The second-order valence-corrected chi connectivity index (χ2v) is 6.62. The van der Waals surface area contributed by atoms with Gasteiger partial charge in [0.05, 0.1) is 33.5 Å². The lowest BCUT2D eigenvalue weighted by atomic mass is 10.1. The standard InChI is InChI=1S/C18H27NO7/c1-18(2,3)26-17(23)19(8-9-20)11-14(21)12-6-7-13(16(22)25-5)15(10-12)24-4/h6-7,10,14,20-21H,8-9,11H2,1-5H3/t14-/m0/s1. The van der Waals surface area contributed by atoms with Crippen LogP contribution in [-0.4, -0.2) is 66.7 Å². The van der Waals surface area contributed by atoms with Crippen LogP contribution in [0.4, 0.5) is 4.79 Å². The molecule has 0 heterocycles. The number of amides is 1. The SMILES string of the molecule is COC(=O)c1ccc([C@@H](O)CN(CCO)C(=O)OC(C)(C)C)cc1OC. The Labute approximate surface area is 153 Å². The van der Waals surface area contributed by atoms with Crippen LogP contribution in [0.1, 0.15) is 42.8 Å². The van der Waals surface area contributed by atoms with Crippen LogP contribution in [0.3, 0.4) is 0 Å². The molecule has 0 aliphatic carbocycles. The van der Waals surface area contributed by atoms with Gasteiger partial charge in [-0.2, -0.15) is 0 Å². The second kappa shape index (κ2) is 9.40. The first-order valence-electron chi connectivity index (χ1n) is 8.16. The lowest BCUT2D eigenvalue weighted by Gasteiger charge is -2.28. The van der Waals surface area contributed by atoms with Crippen LogP contribution in [0, 0.1) is 0 Å². The van der Waals surface area contributed by atoms with Crippen molar-refractivity contribution in [1.29, 1.82) is 0 Å². The first-order valence-corrected chi connectivity index (χ1v) is 8.16. The van der Waals surface area contributed by atoms with Crippen molar-refractivity contribution < 1.29 is 34.0 Å². The summed E-state index contributed by atoms with van der Waals surface area (Å²) >= 11 is 0. The number of hydrogen-bond donors (Lipinski definition) is 2. The van der Waals surface area contributed by atoms with Gasteiger partial charge in [-0.25, -0.2) is 9.59 Å². The molecule has 0 saturated carbocycles. The lowest BCUT2D eigenvalue weighted by molar-refractivity contribution is 0.0109. The van der Waals surface area contributed by atoms with E-state index in [1.165, 1.54) is 31.3 Å². The van der Waals surface area contributed by atoms with E-state index in [2.05, 4.69) is 4.74 Å². The third kappa shape index (κ3) is 6.20. The number of ether oxygens (including phenoxy) is 3. The molecular formula is C18H27NO7. The highest BCUT2D eigenvalue weighted by molar-refractivity contribution is 5.92. The first-order chi connectivity index (χ1) is 12.1. The smallest absolute Gasteiger partial charge is 0.410 e. The van der Waals surface area contributed by atoms with E-state index in [1.807, 2.05) is 0 Å². The van der Waals surface area contributed by atoms with Gasteiger partial charge in [-0.1, -0.05) is 6.07 Å². The molecule has 2 N–H and O–H groups in total. The van der Waals surface area contributed by atoms with Gasteiger partial charge in [0.25, 0.3) is 0 Å². The van der Waals surface area contributed by atoms with E-state index in [4.69, 9.17) is 9.47 Å². The second-order valence-electron chi connectivity index (χ2n) is 6.62. The number of esters is 1. The number of hydrogen-bond acceptors (Lipinski definition) is 7. The van der Waals surface area contributed by atoms with Crippen LogP contribution < -0.4 is 4.74 Å². The van der Waals surface area contributed by atoms with Crippen LogP contribution in [0.15, 0.2) is 18.2 Å². The zero-order valence-electron chi connectivity index (χ0n) is 15.8. The molecule has 26 heavy (non-hydrogen) atoms. The molecule has 1 aromatic carbocycles. The largest absolute Gasteiger partial charge is 0.496 e. The maximum Gasteiger partial charge on any atom is 0.410 e. The summed E-state index contributed by atoms with van der Waals surface area (Å²) in [5, 5.41) is 19.6. The molecule has 1 atom stereocenters. The number of methoxy groups -OCH3 is 2. The zero-order chi connectivity index (χ0) is 19.9. The quantitative estimate of drug-likeness (QED) is 0.705. The van der Waals surface area contributed by atoms with Gasteiger partial charge in [-0.05, 0) is 38.5 Å². The summed E-state index contributed by atoms with van der Waals surface area (Å²) in [5.74, 6) is -0.307. The van der Waals surface area contributed by atoms with Gasteiger partial charge in [-0.15, -0.1) is 0 Å². The predicted molar refractivity (Wildman–Crippen MR) is 94.2 cm³/mol. The normalized spacial score (nSPS) is 12.3. The van der Waals surface area contributed by atoms with Gasteiger partial charge in [0.2, 0.25) is 0 Å². The first kappa shape index (κ1) is 21.7. The fourth-order valence-electron chi connectivity index (χ4n) is 2.21. The molecular weight excluding hydrogens is 342 g/mol. The summed E-state index contributed by atoms with van der Waals surface area (Å²) in [6.07, 6.45) is -1.70. The van der Waals surface area contributed by atoms with Gasteiger partial charge in [-0.3, -0.25) is 0 Å². The average Bonchev–Trinajstić information content (AvgIpc) is 2.58. The van der Waals surface area contributed by atoms with Crippen molar-refractivity contribution in [2.45, 2.75) is 32.5 Å². The Morgan fingerprint density at radius 3 is 2.38 bits per heavy atom. The highest BCUT2D eigenvalue weighted by Crippen LogP contribution is 2.25. The molecule has 1 aromatic rings. The van der Waals surface area contributed by atoms with E-state index >= 15 is 0 Å². The molecule has 0 bridgehead atoms. The molecule has 8 nitrogen and oxygen atoms in total. The summed E-state index contributed by atoms with van der Waals surface area (Å²) in [7, 11) is 2.66. The summed E-state index contributed by atoms with van der Waals surface area (Å²) in [6, 6.07) is 4.53. The summed E-state index contributed by atoms with van der Waals surface area (Å²) in [5.41, 5.74) is -0.0208. The minimum absolute atomic E-state index is 0.0172. The van der Waals surface area contributed by atoms with Gasteiger partial charge < -0.3 is 29.3 Å². The highest BCUT2D eigenvalue weighted by Gasteiger charge is 2.25. The van der Waals surface area contributed by atoms with E-state index in [9.17, 15) is 19.8 Å². The van der Waals surface area contributed by atoms with Crippen molar-refractivity contribution in [2.75, 3.05) is 33.9 Å². The molecule has 8 heteroatoms. The molecule has 1 rings (SSSR count). The Bertz CT molecular complexity index is 624. The van der Waals surface area contributed by atoms with Crippen LogP contribution >= 0.6 is 0 Å². The van der Waals surface area contributed by atoms with Crippen LogP contribution in [0.25, 0.3) is 0 Å². The lowest BCUT2D eigenvalue weighted by Crippen LogP contribution is -2.40. The van der Waals surface area contributed by atoms with Crippen molar-refractivity contribution >= 4 is 12.1 Å². The van der Waals surface area contributed by atoms with E-state index in [0.29, 0.717) is 5.56 Å². The number of aliphatic hydroxyl groups excluding tert-OH is 2. The van der Waals surface area contributed by atoms with Crippen LogP contribution in [-0.2, 0) is 9.47 Å². The Morgan fingerprint density at radius 2 is 1.88 bits per heavy atom. The fourth-order valence-corrected chi connectivity index (χ4v) is 2.21. The van der Waals surface area contributed by atoms with Gasteiger partial charge in [0, 0.05) is 6.54 Å². The summed E-state index contributed by atoms with van der Waals surface area (Å²) in [4.78, 5) is 25.1. The molecule has 0 aliphatic heterocycles. The predicted octanol–water partition coefficient (Wildman–Crippen LogP) is 1.74. The number of rotatable bonds is 7. The minimum atomic E-state index is -1.06. The van der Waals surface area contributed by atoms with Crippen LogP contribution in [0.5, 0.6) is 5.75 Å². The van der Waals surface area contributed by atoms with E-state index in [0.717, 1.165) is 0 Å². The Hall–Kier alpha value is -2.32. The van der Waals surface area contributed by atoms with Crippen LogP contribution in [0.2, 0.25) is 0 Å². The summed E-state index contributed by atoms with van der Waals surface area (Å²) < 4.78 is 15.1. The maximum absolute atomic E-state index is 12.2. The van der Waals surface area contributed by atoms with Crippen molar-refractivity contribution in [3.05, 3.63) is 29.3 Å². The number of benzene rings is 1. The third-order valence-electron chi connectivity index (χ3n) is 3.43. The maximum atomic E-state index is 12.2. The number of carbonyl (C=O) groups is 2. The minimum Gasteiger partial charge on any atom is -0.496 e. The molecule has 0 unspecified atom stereocenters. The molecule has 1 amide bonds. The van der Waals surface area contributed by atoms with Crippen molar-refractivity contribution in [1.82, 2.24) is 4.90 Å². The highest BCUT2D eigenvalue weighted by atomic mass is 16.6. The fraction of sp³-hybridized carbons (Fsp3) is 0.556. The Morgan fingerprint density at radius 1 is 1.23 bits per heavy atom. The van der Waals surface area contributed by atoms with E-state index in [-0.39, 0.29) is 31.0 Å². The van der Waals surface area contributed by atoms with Gasteiger partial charge in [0.15, 0.2) is 0 Å². The molecule has 0 spiro atoms. The number of aliphatic hydroxyl groups is 2. The van der Waals surface area contributed by atoms with E-state index in [1.54, 1.807) is 26.8 Å². The molecule has 0 aromatic heterocycles. The van der Waals surface area contributed by atoms with Gasteiger partial charge >= 0.3 is 12.1 Å². The molecule has 0 saturated heterocycles. The van der Waals surface area contributed by atoms with Crippen molar-refractivity contribution in [3.63, 3.8) is 0 Å². The third-order valence-corrected chi connectivity index (χ3v) is 3.43. The average molecular weight is 369 g/mol.